The molecule has 0 aliphatic heterocycles. The summed E-state index contributed by atoms with van der Waals surface area (Å²) < 4.78 is 2.35. The van der Waals surface area contributed by atoms with Gasteiger partial charge in [0, 0.05) is 24.5 Å². The minimum atomic E-state index is -0.389. The minimum Gasteiger partial charge on any atom is -0.360 e. The van der Waals surface area contributed by atoms with Crippen molar-refractivity contribution in [2.24, 2.45) is 0 Å². The maximum Gasteiger partial charge on any atom is 0.270 e. The first-order valence-corrected chi connectivity index (χ1v) is 10.4. The fraction of sp³-hybridized carbons (Fsp3) is 0.381. The quantitative estimate of drug-likeness (QED) is 0.808. The van der Waals surface area contributed by atoms with Crippen molar-refractivity contribution >= 4 is 34.7 Å². The van der Waals surface area contributed by atoms with Crippen molar-refractivity contribution in [2.45, 2.75) is 51.6 Å². The Kier molecular flexibility index (Phi) is 6.66. The maximum atomic E-state index is 12.7. The number of amides is 1. The number of benzene rings is 1. The van der Waals surface area contributed by atoms with Gasteiger partial charge in [0.05, 0.1) is 0 Å². The van der Waals surface area contributed by atoms with Crippen molar-refractivity contribution in [1.82, 2.24) is 9.88 Å². The molecule has 0 unspecified atom stereocenters. The van der Waals surface area contributed by atoms with E-state index in [0.717, 1.165) is 31.4 Å². The number of aromatic nitrogens is 1. The number of carbonyl (C=O) groups is 1. The van der Waals surface area contributed by atoms with Crippen LogP contribution in [0.3, 0.4) is 0 Å². The number of hydrogen-bond donors (Lipinski definition) is 2. The molecule has 1 aromatic carbocycles. The van der Waals surface area contributed by atoms with E-state index in [1.165, 1.54) is 22.3 Å². The van der Waals surface area contributed by atoms with Crippen molar-refractivity contribution in [3.63, 3.8) is 0 Å². The third-order valence-electron chi connectivity index (χ3n) is 4.86. The molecule has 1 saturated carbocycles. The van der Waals surface area contributed by atoms with E-state index in [4.69, 9.17) is 0 Å². The van der Waals surface area contributed by atoms with Gasteiger partial charge >= 0.3 is 0 Å². The normalized spacial score (nSPS) is 16.4. The molecule has 2 N–H and O–H groups in total. The van der Waals surface area contributed by atoms with Crippen molar-refractivity contribution in [3.05, 3.63) is 49.9 Å². The summed E-state index contributed by atoms with van der Waals surface area (Å²) in [5.74, 6) is -0.389. The molecule has 1 fully saturated rings. The van der Waals surface area contributed by atoms with Gasteiger partial charge in [-0.2, -0.15) is 5.26 Å². The first kappa shape index (κ1) is 19.9. The molecule has 146 valence electrons. The lowest BCUT2D eigenvalue weighted by molar-refractivity contribution is -0.116. The van der Waals surface area contributed by atoms with Crippen LogP contribution in [0.25, 0.3) is 11.8 Å². The molecule has 0 saturated heterocycles. The lowest BCUT2D eigenvalue weighted by Crippen LogP contribution is -2.39. The van der Waals surface area contributed by atoms with Crippen molar-refractivity contribution in [2.75, 3.05) is 5.32 Å². The summed E-state index contributed by atoms with van der Waals surface area (Å²) in [5.41, 5.74) is 0.664. The molecule has 7 heteroatoms. The van der Waals surface area contributed by atoms with Crippen molar-refractivity contribution in [1.29, 1.82) is 5.26 Å². The zero-order valence-electron chi connectivity index (χ0n) is 15.9. The molecule has 1 aromatic heterocycles. The second-order valence-electron chi connectivity index (χ2n) is 6.77. The van der Waals surface area contributed by atoms with Crippen LogP contribution in [0.2, 0.25) is 0 Å². The molecular weight excluding hydrogens is 372 g/mol. The van der Waals surface area contributed by atoms with E-state index in [2.05, 4.69) is 10.6 Å². The number of carbonyl (C=O) groups excluding carboxylic acids is 1. The van der Waals surface area contributed by atoms with E-state index in [9.17, 15) is 14.9 Å². The van der Waals surface area contributed by atoms with Gasteiger partial charge in [0.15, 0.2) is 5.57 Å². The molecule has 1 amide bonds. The standard InChI is InChI=1S/C21H24N4O2S/c1-2-25-20(27)18(14-23-15-9-5-3-6-10-15)28-21(25)17(13-22)19(26)24-16-11-7-4-8-12-16/h3,5-6,9-10,14,16,23H,2,4,7-8,11-12H2,1H3,(H,24,26). The highest BCUT2D eigenvalue weighted by Gasteiger charge is 2.20. The Labute approximate surface area is 167 Å². The van der Waals surface area contributed by atoms with Crippen LogP contribution < -0.4 is 25.4 Å². The number of nitrogens with zero attached hydrogens (tertiary/aromatic N) is 2. The van der Waals surface area contributed by atoms with Gasteiger partial charge in [-0.15, -0.1) is 11.3 Å². The smallest absolute Gasteiger partial charge is 0.270 e. The van der Waals surface area contributed by atoms with Crippen LogP contribution in [0.15, 0.2) is 35.1 Å². The highest BCUT2D eigenvalue weighted by Crippen LogP contribution is 2.17. The molecule has 0 spiro atoms. The number of thiazole rings is 1. The van der Waals surface area contributed by atoms with Gasteiger partial charge in [0.1, 0.15) is 15.3 Å². The molecule has 1 aliphatic rings. The number of hydrogen-bond acceptors (Lipinski definition) is 5. The third kappa shape index (κ3) is 4.52. The minimum absolute atomic E-state index is 0.00823. The van der Waals surface area contributed by atoms with Gasteiger partial charge in [-0.1, -0.05) is 37.5 Å². The summed E-state index contributed by atoms with van der Waals surface area (Å²) in [6, 6.07) is 11.6. The molecule has 1 heterocycles. The maximum absolute atomic E-state index is 12.7. The van der Waals surface area contributed by atoms with Gasteiger partial charge < -0.3 is 10.6 Å². The Balaban J connectivity index is 1.97. The number of nitrogens with one attached hydrogen (secondary N) is 2. The summed E-state index contributed by atoms with van der Waals surface area (Å²) in [7, 11) is 0. The molecule has 0 bridgehead atoms. The fourth-order valence-corrected chi connectivity index (χ4v) is 4.46. The summed E-state index contributed by atoms with van der Waals surface area (Å²) in [6.45, 7) is 2.23. The third-order valence-corrected chi connectivity index (χ3v) is 5.99. The zero-order valence-corrected chi connectivity index (χ0v) is 16.7. The van der Waals surface area contributed by atoms with E-state index in [-0.39, 0.29) is 23.1 Å². The van der Waals surface area contributed by atoms with Crippen LogP contribution in [0.1, 0.15) is 39.0 Å². The zero-order chi connectivity index (χ0) is 19.9. The predicted molar refractivity (Wildman–Crippen MR) is 112 cm³/mol. The summed E-state index contributed by atoms with van der Waals surface area (Å²) >= 11 is 1.17. The molecule has 1 aliphatic carbocycles. The first-order chi connectivity index (χ1) is 13.6. The van der Waals surface area contributed by atoms with Crippen LogP contribution in [0.5, 0.6) is 0 Å². The number of rotatable bonds is 5. The molecule has 6 nitrogen and oxygen atoms in total. The Morgan fingerprint density at radius 2 is 2.00 bits per heavy atom. The molecule has 28 heavy (non-hydrogen) atoms. The highest BCUT2D eigenvalue weighted by atomic mass is 32.1. The van der Waals surface area contributed by atoms with Gasteiger partial charge in [-0.05, 0) is 31.9 Å². The van der Waals surface area contributed by atoms with Crippen LogP contribution >= 0.6 is 11.3 Å². The largest absolute Gasteiger partial charge is 0.360 e. The number of nitriles is 1. The molecule has 2 aromatic rings. The second-order valence-corrected chi connectivity index (χ2v) is 7.80. The van der Waals surface area contributed by atoms with Crippen LogP contribution in [-0.2, 0) is 11.3 Å². The Bertz CT molecular complexity index is 1040. The Hall–Kier alpha value is -2.85. The lowest BCUT2D eigenvalue weighted by atomic mass is 9.95. The van der Waals surface area contributed by atoms with E-state index in [1.54, 1.807) is 6.20 Å². The molecular formula is C21H24N4O2S. The summed E-state index contributed by atoms with van der Waals surface area (Å²) in [6.07, 6.45) is 6.89. The first-order valence-electron chi connectivity index (χ1n) is 9.60. The Morgan fingerprint density at radius 3 is 2.64 bits per heavy atom. The highest BCUT2D eigenvalue weighted by molar-refractivity contribution is 7.07. The van der Waals surface area contributed by atoms with E-state index in [0.29, 0.717) is 15.7 Å². The Morgan fingerprint density at radius 1 is 1.29 bits per heavy atom. The predicted octanol–water partition coefficient (Wildman–Crippen LogP) is 1.90. The molecule has 0 atom stereocenters. The average Bonchev–Trinajstić information content (AvgIpc) is 3.03. The molecule has 0 radical (unpaired) electrons. The average molecular weight is 397 g/mol. The van der Waals surface area contributed by atoms with Crippen LogP contribution in [-0.4, -0.2) is 16.5 Å². The van der Waals surface area contributed by atoms with E-state index < -0.39 is 0 Å². The second kappa shape index (κ2) is 9.38. The summed E-state index contributed by atoms with van der Waals surface area (Å²) in [4.78, 5) is 25.4. The van der Waals surface area contributed by atoms with Crippen LogP contribution in [0.4, 0.5) is 5.69 Å². The fourth-order valence-electron chi connectivity index (χ4n) is 3.38. The van der Waals surface area contributed by atoms with Gasteiger partial charge in [0.25, 0.3) is 11.5 Å². The van der Waals surface area contributed by atoms with E-state index >= 15 is 0 Å². The lowest BCUT2D eigenvalue weighted by Gasteiger charge is -2.22. The van der Waals surface area contributed by atoms with Crippen LogP contribution in [0, 0.1) is 11.3 Å². The van der Waals surface area contributed by atoms with E-state index in [1.807, 2.05) is 43.3 Å². The van der Waals surface area contributed by atoms with Crippen molar-refractivity contribution < 1.29 is 4.79 Å². The monoisotopic (exact) mass is 396 g/mol. The van der Waals surface area contributed by atoms with Gasteiger partial charge in [-0.3, -0.25) is 14.2 Å². The summed E-state index contributed by atoms with van der Waals surface area (Å²) in [5, 5.41) is 15.7. The molecule has 3 rings (SSSR count). The van der Waals surface area contributed by atoms with Gasteiger partial charge in [0.2, 0.25) is 0 Å². The number of para-hydroxylation sites is 1. The topological polar surface area (TPSA) is 86.9 Å². The van der Waals surface area contributed by atoms with Crippen molar-refractivity contribution in [3.8, 4) is 6.07 Å². The number of anilines is 1. The van der Waals surface area contributed by atoms with Gasteiger partial charge in [-0.25, -0.2) is 0 Å². The SMILES string of the molecule is CCn1c(=C(C#N)C(=O)NC2CCCCC2)sc(=CNc2ccccc2)c1=O.